The third-order valence-corrected chi connectivity index (χ3v) is 13.9. The number of fused-ring (bicyclic) bond motifs is 1. The van der Waals surface area contributed by atoms with Crippen molar-refractivity contribution >= 4 is 41.7 Å². The number of amides is 2. The largest absolute Gasteiger partial charge is 0.491 e. The van der Waals surface area contributed by atoms with E-state index in [2.05, 4.69) is 96.8 Å². The number of benzene rings is 1. The topological polar surface area (TPSA) is 331 Å². The highest BCUT2D eigenvalue weighted by Gasteiger charge is 2.41. The molecule has 94 heavy (non-hydrogen) atoms. The van der Waals surface area contributed by atoms with Crippen molar-refractivity contribution in [3.8, 4) is 11.5 Å². The second kappa shape index (κ2) is 43.2. The minimum absolute atomic E-state index is 0.160. The molecule has 1 aromatic carbocycles. The first-order valence-electron chi connectivity index (χ1n) is 29.4. The van der Waals surface area contributed by atoms with Crippen molar-refractivity contribution in [2.45, 2.75) is 175 Å². The van der Waals surface area contributed by atoms with Crippen LogP contribution in [0.5, 0.6) is 11.5 Å². The molecule has 1 fully saturated rings. The van der Waals surface area contributed by atoms with Gasteiger partial charge in [-0.2, -0.15) is 65.9 Å². The van der Waals surface area contributed by atoms with Gasteiger partial charge in [-0.3, -0.25) is 14.5 Å². The van der Waals surface area contributed by atoms with E-state index in [0.29, 0.717) is 19.6 Å². The monoisotopic (exact) mass is 1390 g/mol. The molecule has 2 amide bonds. The number of aromatic amines is 1. The van der Waals surface area contributed by atoms with E-state index < -0.39 is 66.8 Å². The summed E-state index contributed by atoms with van der Waals surface area (Å²) in [5, 5.41) is 51.9. The number of rotatable bonds is 22. The fraction of sp³-hybridized carbons (Fsp3) is 0.719. The van der Waals surface area contributed by atoms with Gasteiger partial charge in [-0.15, -0.1) is 0 Å². The average Bonchev–Trinajstić information content (AvgIpc) is 0.826. The van der Waals surface area contributed by atoms with E-state index in [9.17, 15) is 75.4 Å². The average molecular weight is 1390 g/mol. The van der Waals surface area contributed by atoms with Crippen LogP contribution < -0.4 is 36.1 Å². The van der Waals surface area contributed by atoms with E-state index in [1.165, 1.54) is 56.9 Å². The second-order valence-corrected chi connectivity index (χ2v) is 22.5. The molecule has 2 aliphatic heterocycles. The summed E-state index contributed by atoms with van der Waals surface area (Å²) in [4.78, 5) is 80.7. The zero-order chi connectivity index (χ0) is 73.0. The lowest BCUT2D eigenvalue weighted by Gasteiger charge is -2.38. The van der Waals surface area contributed by atoms with Crippen molar-refractivity contribution in [1.29, 1.82) is 0 Å². The normalized spacial score (nSPS) is 16.6. The molecule has 22 nitrogen and oxygen atoms in total. The quantitative estimate of drug-likeness (QED) is 0.0386. The van der Waals surface area contributed by atoms with Gasteiger partial charge in [0.2, 0.25) is 11.8 Å². The fourth-order valence-corrected chi connectivity index (χ4v) is 8.67. The predicted octanol–water partition coefficient (Wildman–Crippen LogP) is 9.33. The summed E-state index contributed by atoms with van der Waals surface area (Å²) in [7, 11) is 0. The van der Waals surface area contributed by atoms with Crippen LogP contribution in [0.15, 0.2) is 12.5 Å². The lowest BCUT2D eigenvalue weighted by Crippen LogP contribution is -2.52. The van der Waals surface area contributed by atoms with Crippen molar-refractivity contribution in [1.82, 2.24) is 41.5 Å². The van der Waals surface area contributed by atoms with Gasteiger partial charge in [0.15, 0.2) is 0 Å². The highest BCUT2D eigenvalue weighted by molar-refractivity contribution is 5.88. The molecular weight excluding hydrogens is 1310 g/mol. The molecule has 11 N–H and O–H groups in total. The molecule has 1 aromatic heterocycles. The third-order valence-electron chi connectivity index (χ3n) is 13.9. The van der Waals surface area contributed by atoms with Crippen molar-refractivity contribution in [2.24, 2.45) is 17.8 Å². The van der Waals surface area contributed by atoms with Gasteiger partial charge in [0, 0.05) is 76.2 Å². The van der Waals surface area contributed by atoms with E-state index in [4.69, 9.17) is 59.0 Å². The number of carbonyl (C=O) groups is 7. The number of aromatic nitrogens is 2. The Morgan fingerprint density at radius 1 is 0.617 bits per heavy atom. The molecule has 0 spiro atoms. The number of carboxylic acids is 5. The molecule has 0 radical (unpaired) electrons. The van der Waals surface area contributed by atoms with Crippen LogP contribution in [0.25, 0.3) is 0 Å². The smallest absolute Gasteiger partial charge is 0.490 e. The lowest BCUT2D eigenvalue weighted by atomic mass is 9.83. The SMILES string of the molecule is Cc1c(C)c2c(c(C)c1OCCNC(=O)[C@H](Cc1cnc[nH]1)NC(=O)CN1CCNCCNCCNCC1)CC[C@@](C)(CCC[C@H](C)CCC[C@H](C)CCCC(C)C)O2.O=C(O)C(F)(F)F.O=C(O)C(F)(F)F.O=C(O)C(F)(F)F.O=C(O)C(F)(F)F.O=C(O)C(F)(F)F. The summed E-state index contributed by atoms with van der Waals surface area (Å²) >= 11 is 0. The number of imidazole rings is 1. The van der Waals surface area contributed by atoms with E-state index in [0.717, 1.165) is 123 Å². The Morgan fingerprint density at radius 3 is 1.41 bits per heavy atom. The van der Waals surface area contributed by atoms with Crippen LogP contribution in [0.2, 0.25) is 0 Å². The van der Waals surface area contributed by atoms with Gasteiger partial charge in [-0.25, -0.2) is 29.0 Å². The van der Waals surface area contributed by atoms with E-state index in [1.807, 2.05) is 0 Å². The molecule has 0 saturated carbocycles. The Morgan fingerprint density at radius 2 is 1.02 bits per heavy atom. The summed E-state index contributed by atoms with van der Waals surface area (Å²) in [5.74, 6) is -9.89. The first kappa shape index (κ1) is 89.2. The zero-order valence-electron chi connectivity index (χ0n) is 53.2. The molecule has 2 aromatic rings. The van der Waals surface area contributed by atoms with Crippen molar-refractivity contribution in [3.05, 3.63) is 40.5 Å². The number of hydrogen-bond donors (Lipinski definition) is 11. The van der Waals surface area contributed by atoms with Crippen LogP contribution in [0, 0.1) is 38.5 Å². The number of hydrogen-bond acceptors (Lipinski definition) is 14. The number of ether oxygens (including phenoxy) is 2. The molecule has 0 unspecified atom stereocenters. The Balaban J connectivity index is 0. The van der Waals surface area contributed by atoms with Gasteiger partial charge in [0.05, 0.1) is 19.4 Å². The number of carbonyl (C=O) groups excluding carboxylic acids is 2. The van der Waals surface area contributed by atoms with Gasteiger partial charge >= 0.3 is 60.7 Å². The maximum absolute atomic E-state index is 13.6. The van der Waals surface area contributed by atoms with Gasteiger partial charge in [0.25, 0.3) is 0 Å². The molecule has 0 bridgehead atoms. The van der Waals surface area contributed by atoms with Gasteiger partial charge in [-0.1, -0.05) is 72.6 Å². The number of alkyl halides is 15. The highest BCUT2D eigenvalue weighted by atomic mass is 19.4. The number of nitrogens with one attached hydrogen (secondary N) is 6. The summed E-state index contributed by atoms with van der Waals surface area (Å²) in [6.07, 6.45) is -8.20. The molecule has 4 atom stereocenters. The molecule has 37 heteroatoms. The predicted molar refractivity (Wildman–Crippen MR) is 309 cm³/mol. The Hall–Kier alpha value is -6.89. The minimum Gasteiger partial charge on any atom is -0.491 e. The van der Waals surface area contributed by atoms with Crippen LogP contribution >= 0.6 is 0 Å². The van der Waals surface area contributed by atoms with Gasteiger partial charge in [-0.05, 0) is 87.8 Å². The summed E-state index contributed by atoms with van der Waals surface area (Å²) < 4.78 is 172. The van der Waals surface area contributed by atoms with E-state index in [1.54, 1.807) is 12.5 Å². The second-order valence-electron chi connectivity index (χ2n) is 22.5. The van der Waals surface area contributed by atoms with Crippen molar-refractivity contribution in [2.75, 3.05) is 72.1 Å². The van der Waals surface area contributed by atoms with Crippen LogP contribution in [-0.2, 0) is 46.4 Å². The number of aliphatic carboxylic acids is 5. The van der Waals surface area contributed by atoms with Gasteiger partial charge < -0.3 is 66.6 Å². The summed E-state index contributed by atoms with van der Waals surface area (Å²) in [6.45, 7) is 25.7. The summed E-state index contributed by atoms with van der Waals surface area (Å²) in [5.41, 5.74) is 5.20. The number of H-pyrrole nitrogens is 1. The zero-order valence-corrected chi connectivity index (χ0v) is 53.2. The highest BCUT2D eigenvalue weighted by Crippen LogP contribution is 2.45. The van der Waals surface area contributed by atoms with Crippen LogP contribution in [0.1, 0.15) is 127 Å². The first-order valence-corrected chi connectivity index (χ1v) is 29.4. The minimum atomic E-state index is -5.08. The Labute approximate surface area is 533 Å². The first-order chi connectivity index (χ1) is 43.1. The molecular formula is C57H87F15N8O14. The molecule has 544 valence electrons. The van der Waals surface area contributed by atoms with E-state index >= 15 is 0 Å². The van der Waals surface area contributed by atoms with Crippen LogP contribution in [0.3, 0.4) is 0 Å². The number of halogens is 15. The van der Waals surface area contributed by atoms with Crippen LogP contribution in [0.4, 0.5) is 65.9 Å². The maximum atomic E-state index is 13.6. The lowest BCUT2D eigenvalue weighted by molar-refractivity contribution is -0.193. The fourth-order valence-electron chi connectivity index (χ4n) is 8.67. The van der Waals surface area contributed by atoms with Crippen molar-refractivity contribution in [3.63, 3.8) is 0 Å². The molecule has 2 aliphatic rings. The molecule has 3 heterocycles. The molecule has 1 saturated heterocycles. The van der Waals surface area contributed by atoms with Crippen LogP contribution in [-0.4, -0.2) is 197 Å². The number of nitrogens with zero attached hydrogens (tertiary/aromatic N) is 2. The number of carboxylic acid groups (broad SMARTS) is 5. The Bertz CT molecular complexity index is 2440. The maximum Gasteiger partial charge on any atom is 0.490 e. The standard InChI is InChI=1S/C47H82N8O4.5C2HF3O2/c1-34(2)12-9-13-35(3)14-10-15-36(4)16-11-18-47(8)19-17-41-39(7)44(37(5)38(6)45(41)59-47)58-29-26-52-46(57)42(30-40-31-51-33-53-40)54-43(56)32-55-27-24-49-22-20-48-21-23-50-25-28-55;5*3-2(4,5)1(6)7/h31,33-36,42,48-50H,9-30,32H2,1-8H3,(H,51,53)(H,52,57)(H,54,56);5*(H,6,7)/t35-,36-,42+,47-;;;;;/m1...../s1. The van der Waals surface area contributed by atoms with E-state index in [-0.39, 0.29) is 24.0 Å². The molecule has 0 aliphatic carbocycles. The summed E-state index contributed by atoms with van der Waals surface area (Å²) in [6, 6.07) is -0.750. The molecule has 4 rings (SSSR count). The van der Waals surface area contributed by atoms with Gasteiger partial charge in [0.1, 0.15) is 29.7 Å². The van der Waals surface area contributed by atoms with Crippen molar-refractivity contribution < 1.29 is 134 Å². The Kier molecular flexibility index (Phi) is 41.0. The third kappa shape index (κ3) is 41.1.